The normalized spacial score (nSPS) is 16.7. The van der Waals surface area contributed by atoms with Crippen LogP contribution < -0.4 is 0 Å². The molecule has 1 N–H and O–H groups in total. The zero-order valence-electron chi connectivity index (χ0n) is 11.7. The zero-order chi connectivity index (χ0) is 15.4. The molecule has 21 heavy (non-hydrogen) atoms. The summed E-state index contributed by atoms with van der Waals surface area (Å²) in [4.78, 5) is 25.5. The Morgan fingerprint density at radius 1 is 1.33 bits per heavy atom. The van der Waals surface area contributed by atoms with Gasteiger partial charge in [-0.2, -0.15) is 0 Å². The fourth-order valence-corrected chi connectivity index (χ4v) is 2.13. The third-order valence-electron chi connectivity index (χ3n) is 3.12. The fourth-order valence-electron chi connectivity index (χ4n) is 2.01. The summed E-state index contributed by atoms with van der Waals surface area (Å²) in [6.07, 6.45) is -0.906. The second-order valence-corrected chi connectivity index (χ2v) is 5.37. The molecule has 2 rings (SSSR count). The molecule has 0 bridgehead atoms. The summed E-state index contributed by atoms with van der Waals surface area (Å²) in [5.41, 5.74) is 0.930. The van der Waals surface area contributed by atoms with Crippen LogP contribution in [0.2, 0.25) is 5.02 Å². The van der Waals surface area contributed by atoms with E-state index in [1.807, 2.05) is 12.1 Å². The van der Waals surface area contributed by atoms with Crippen LogP contribution in [-0.2, 0) is 16.1 Å². The average Bonchev–Trinajstić information content (AvgIpc) is 2.68. The molecule has 3 amide bonds. The van der Waals surface area contributed by atoms with E-state index >= 15 is 0 Å². The summed E-state index contributed by atoms with van der Waals surface area (Å²) in [7, 11) is 1.55. The maximum atomic E-state index is 11.6. The molecule has 114 valence electrons. The zero-order valence-corrected chi connectivity index (χ0v) is 12.4. The lowest BCUT2D eigenvalue weighted by molar-refractivity contribution is -0.126. The molecule has 1 unspecified atom stereocenters. The summed E-state index contributed by atoms with van der Waals surface area (Å²) in [6.45, 7) is 0.374. The molecule has 1 aromatic rings. The van der Waals surface area contributed by atoms with Crippen molar-refractivity contribution in [1.82, 2.24) is 9.80 Å². The van der Waals surface area contributed by atoms with Gasteiger partial charge < -0.3 is 14.7 Å². The Hall–Kier alpha value is -1.63. The van der Waals surface area contributed by atoms with Crippen molar-refractivity contribution in [2.24, 2.45) is 0 Å². The van der Waals surface area contributed by atoms with Gasteiger partial charge in [0.15, 0.2) is 0 Å². The van der Waals surface area contributed by atoms with Crippen molar-refractivity contribution in [3.8, 4) is 0 Å². The van der Waals surface area contributed by atoms with Crippen LogP contribution in [0.15, 0.2) is 24.3 Å². The van der Waals surface area contributed by atoms with Crippen molar-refractivity contribution in [2.45, 2.75) is 12.7 Å². The number of likely N-dealkylation sites (N-methyl/N-ethyl adjacent to an activating group) is 1. The molecule has 0 spiro atoms. The van der Waals surface area contributed by atoms with Crippen molar-refractivity contribution in [1.29, 1.82) is 0 Å². The number of carbonyl (C=O) groups is 2. The molecule has 7 heteroatoms. The monoisotopic (exact) mass is 312 g/mol. The first-order valence-corrected chi connectivity index (χ1v) is 6.91. The smallest absolute Gasteiger partial charge is 0.327 e. The number of urea groups is 1. The number of hydrogen-bond donors (Lipinski definition) is 1. The predicted molar refractivity (Wildman–Crippen MR) is 76.9 cm³/mol. The maximum Gasteiger partial charge on any atom is 0.327 e. The molecule has 1 aliphatic rings. The van der Waals surface area contributed by atoms with Gasteiger partial charge in [-0.05, 0) is 17.7 Å². The SMILES string of the molecule is CN1CC(=O)N(CC(O)COCc2ccc(Cl)cc2)C1=O. The first-order chi connectivity index (χ1) is 9.97. The van der Waals surface area contributed by atoms with Crippen LogP contribution in [-0.4, -0.2) is 59.7 Å². The molecule has 1 aliphatic heterocycles. The number of aliphatic hydroxyl groups is 1. The van der Waals surface area contributed by atoms with E-state index in [9.17, 15) is 14.7 Å². The van der Waals surface area contributed by atoms with Crippen LogP contribution in [0.25, 0.3) is 0 Å². The first-order valence-electron chi connectivity index (χ1n) is 6.53. The molecular weight excluding hydrogens is 296 g/mol. The molecule has 0 aromatic heterocycles. The molecule has 6 nitrogen and oxygen atoms in total. The number of aliphatic hydroxyl groups excluding tert-OH is 1. The van der Waals surface area contributed by atoms with E-state index in [2.05, 4.69) is 0 Å². The van der Waals surface area contributed by atoms with Gasteiger partial charge in [-0.25, -0.2) is 4.79 Å². The lowest BCUT2D eigenvalue weighted by Crippen LogP contribution is -2.39. The Morgan fingerprint density at radius 2 is 2.00 bits per heavy atom. The van der Waals surface area contributed by atoms with Gasteiger partial charge in [-0.1, -0.05) is 23.7 Å². The van der Waals surface area contributed by atoms with Crippen LogP contribution >= 0.6 is 11.6 Å². The second-order valence-electron chi connectivity index (χ2n) is 4.94. The number of carbonyl (C=O) groups excluding carboxylic acids is 2. The average molecular weight is 313 g/mol. The number of benzene rings is 1. The summed E-state index contributed by atoms with van der Waals surface area (Å²) >= 11 is 5.78. The number of hydrogen-bond acceptors (Lipinski definition) is 4. The van der Waals surface area contributed by atoms with Gasteiger partial charge in [0.25, 0.3) is 0 Å². The Labute approximate surface area is 127 Å². The Morgan fingerprint density at radius 3 is 2.57 bits per heavy atom. The molecule has 0 radical (unpaired) electrons. The topological polar surface area (TPSA) is 70.1 Å². The molecule has 0 aliphatic carbocycles. The van der Waals surface area contributed by atoms with E-state index < -0.39 is 12.1 Å². The summed E-state index contributed by atoms with van der Waals surface area (Å²) in [5, 5.41) is 10.5. The molecule has 1 aromatic carbocycles. The van der Waals surface area contributed by atoms with Crippen LogP contribution in [0.1, 0.15) is 5.56 Å². The molecule has 0 saturated carbocycles. The number of nitrogens with zero attached hydrogens (tertiary/aromatic N) is 2. The Bertz CT molecular complexity index is 520. The molecular formula is C14H17ClN2O4. The standard InChI is InChI=1S/C14H17ClN2O4/c1-16-7-13(19)17(14(16)20)6-12(18)9-21-8-10-2-4-11(15)5-3-10/h2-5,12,18H,6-9H2,1H3. The van der Waals surface area contributed by atoms with E-state index in [0.717, 1.165) is 10.5 Å². The van der Waals surface area contributed by atoms with Gasteiger partial charge in [0.2, 0.25) is 5.91 Å². The van der Waals surface area contributed by atoms with Crippen molar-refractivity contribution in [3.05, 3.63) is 34.9 Å². The Kier molecular flexibility index (Phi) is 5.17. The van der Waals surface area contributed by atoms with Crippen molar-refractivity contribution in [2.75, 3.05) is 26.7 Å². The van der Waals surface area contributed by atoms with E-state index in [0.29, 0.717) is 11.6 Å². The van der Waals surface area contributed by atoms with E-state index in [-0.39, 0.29) is 25.6 Å². The van der Waals surface area contributed by atoms with E-state index in [4.69, 9.17) is 16.3 Å². The van der Waals surface area contributed by atoms with Crippen molar-refractivity contribution >= 4 is 23.5 Å². The fraction of sp³-hybridized carbons (Fsp3) is 0.429. The number of rotatable bonds is 6. The lowest BCUT2D eigenvalue weighted by Gasteiger charge is -2.18. The van der Waals surface area contributed by atoms with Crippen LogP contribution in [0.3, 0.4) is 0 Å². The minimum atomic E-state index is -0.906. The van der Waals surface area contributed by atoms with Crippen molar-refractivity contribution in [3.63, 3.8) is 0 Å². The third kappa shape index (κ3) is 4.17. The molecule has 1 fully saturated rings. The van der Waals surface area contributed by atoms with Crippen LogP contribution in [0.4, 0.5) is 4.79 Å². The highest BCUT2D eigenvalue weighted by Crippen LogP contribution is 2.11. The highest BCUT2D eigenvalue weighted by Gasteiger charge is 2.34. The van der Waals surface area contributed by atoms with E-state index in [1.165, 1.54) is 4.90 Å². The van der Waals surface area contributed by atoms with Gasteiger partial charge in [0, 0.05) is 12.1 Å². The molecule has 1 saturated heterocycles. The number of amides is 3. The van der Waals surface area contributed by atoms with Crippen LogP contribution in [0, 0.1) is 0 Å². The largest absolute Gasteiger partial charge is 0.389 e. The van der Waals surface area contributed by atoms with Gasteiger partial charge in [0.1, 0.15) is 6.54 Å². The minimum Gasteiger partial charge on any atom is -0.389 e. The Balaban J connectivity index is 1.75. The van der Waals surface area contributed by atoms with Gasteiger partial charge >= 0.3 is 6.03 Å². The number of β-amino-alcohol motifs (C(OH)–C–C–N with tert-alkyl or cyclic N) is 1. The number of imide groups is 1. The van der Waals surface area contributed by atoms with Crippen molar-refractivity contribution < 1.29 is 19.4 Å². The third-order valence-corrected chi connectivity index (χ3v) is 3.37. The minimum absolute atomic E-state index is 0.0450. The second kappa shape index (κ2) is 6.89. The highest BCUT2D eigenvalue weighted by molar-refractivity contribution is 6.30. The lowest BCUT2D eigenvalue weighted by atomic mass is 10.2. The van der Waals surface area contributed by atoms with Crippen LogP contribution in [0.5, 0.6) is 0 Å². The van der Waals surface area contributed by atoms with Gasteiger partial charge in [-0.3, -0.25) is 9.69 Å². The first kappa shape index (κ1) is 15.8. The molecule has 1 heterocycles. The quantitative estimate of drug-likeness (QED) is 0.799. The van der Waals surface area contributed by atoms with E-state index in [1.54, 1.807) is 19.2 Å². The summed E-state index contributed by atoms with van der Waals surface area (Å²) < 4.78 is 5.37. The molecule has 1 atom stereocenters. The number of ether oxygens (including phenoxy) is 1. The van der Waals surface area contributed by atoms with Gasteiger partial charge in [-0.15, -0.1) is 0 Å². The summed E-state index contributed by atoms with van der Waals surface area (Å²) in [5.74, 6) is -0.306. The highest BCUT2D eigenvalue weighted by atomic mass is 35.5. The maximum absolute atomic E-state index is 11.6. The predicted octanol–water partition coefficient (Wildman–Crippen LogP) is 1.11. The number of halogens is 1. The van der Waals surface area contributed by atoms with Gasteiger partial charge in [0.05, 0.1) is 25.9 Å². The summed E-state index contributed by atoms with van der Waals surface area (Å²) in [6, 6.07) is 6.79.